The zero-order valence-electron chi connectivity index (χ0n) is 10.8. The summed E-state index contributed by atoms with van der Waals surface area (Å²) < 4.78 is 26.0. The van der Waals surface area contributed by atoms with E-state index in [4.69, 9.17) is 5.73 Å². The monoisotopic (exact) mass is 284 g/mol. The Bertz CT molecular complexity index is 522. The van der Waals surface area contributed by atoms with Crippen molar-refractivity contribution in [3.8, 4) is 0 Å². The van der Waals surface area contributed by atoms with Crippen LogP contribution in [0.4, 0.5) is 0 Å². The molecule has 2 rings (SSSR count). The normalized spacial score (nSPS) is 18.6. The molecule has 1 saturated heterocycles. The highest BCUT2D eigenvalue weighted by Crippen LogP contribution is 2.18. The summed E-state index contributed by atoms with van der Waals surface area (Å²) in [4.78, 5) is 0. The Kier molecular flexibility index (Phi) is 4.57. The van der Waals surface area contributed by atoms with Gasteiger partial charge >= 0.3 is 0 Å². The molecule has 0 aromatic heterocycles. The van der Waals surface area contributed by atoms with Crippen molar-refractivity contribution < 1.29 is 13.5 Å². The smallest absolute Gasteiger partial charge is 0.218 e. The molecule has 6 heteroatoms. The van der Waals surface area contributed by atoms with Gasteiger partial charge in [0.25, 0.3) is 0 Å². The number of hydrogen-bond donors (Lipinski definition) is 2. The summed E-state index contributed by atoms with van der Waals surface area (Å²) >= 11 is 0. The van der Waals surface area contributed by atoms with Gasteiger partial charge < -0.3 is 10.8 Å². The van der Waals surface area contributed by atoms with E-state index < -0.39 is 10.0 Å². The number of nitrogens with two attached hydrogens (primary N) is 1. The Labute approximate surface area is 114 Å². The number of aliphatic hydroxyl groups excluding tert-OH is 1. The summed E-state index contributed by atoms with van der Waals surface area (Å²) in [5.41, 5.74) is 7.24. The van der Waals surface area contributed by atoms with Crippen LogP contribution >= 0.6 is 0 Å². The van der Waals surface area contributed by atoms with Crippen LogP contribution in [0.3, 0.4) is 0 Å². The van der Waals surface area contributed by atoms with Gasteiger partial charge in [0.2, 0.25) is 10.0 Å². The SMILES string of the molecule is NCc1cccc(CS(=O)(=O)N2CCC(O)CC2)c1. The molecule has 1 fully saturated rings. The molecular formula is C13H20N2O3S. The van der Waals surface area contributed by atoms with Gasteiger partial charge in [-0.3, -0.25) is 0 Å². The summed E-state index contributed by atoms with van der Waals surface area (Å²) in [7, 11) is -3.30. The fraction of sp³-hybridized carbons (Fsp3) is 0.538. The molecule has 3 N–H and O–H groups in total. The molecular weight excluding hydrogens is 264 g/mol. The zero-order chi connectivity index (χ0) is 13.9. The van der Waals surface area contributed by atoms with Gasteiger partial charge in [0.1, 0.15) is 0 Å². The summed E-state index contributed by atoms with van der Waals surface area (Å²) in [6, 6.07) is 7.34. The lowest BCUT2D eigenvalue weighted by Crippen LogP contribution is -2.40. The number of aliphatic hydroxyl groups is 1. The zero-order valence-corrected chi connectivity index (χ0v) is 11.6. The summed E-state index contributed by atoms with van der Waals surface area (Å²) in [6.07, 6.45) is 0.663. The van der Waals surface area contributed by atoms with Crippen LogP contribution in [0.15, 0.2) is 24.3 Å². The summed E-state index contributed by atoms with van der Waals surface area (Å²) in [6.45, 7) is 1.21. The molecule has 0 amide bonds. The topological polar surface area (TPSA) is 83.6 Å². The van der Waals surface area contributed by atoms with Gasteiger partial charge in [-0.2, -0.15) is 0 Å². The molecule has 0 aliphatic carbocycles. The molecule has 1 aromatic rings. The molecule has 0 spiro atoms. The lowest BCUT2D eigenvalue weighted by molar-refractivity contribution is 0.113. The van der Waals surface area contributed by atoms with Gasteiger partial charge in [0.15, 0.2) is 0 Å². The molecule has 106 valence electrons. The van der Waals surface area contributed by atoms with E-state index in [1.54, 1.807) is 6.07 Å². The first-order chi connectivity index (χ1) is 9.01. The van der Waals surface area contributed by atoms with Crippen molar-refractivity contribution in [2.24, 2.45) is 5.73 Å². The third-order valence-electron chi connectivity index (χ3n) is 3.39. The number of piperidine rings is 1. The van der Waals surface area contributed by atoms with Gasteiger partial charge in [-0.05, 0) is 24.0 Å². The van der Waals surface area contributed by atoms with Gasteiger partial charge in [0, 0.05) is 19.6 Å². The molecule has 0 saturated carbocycles. The van der Waals surface area contributed by atoms with Crippen molar-refractivity contribution >= 4 is 10.0 Å². The molecule has 5 nitrogen and oxygen atoms in total. The number of rotatable bonds is 4. The predicted molar refractivity (Wildman–Crippen MR) is 73.8 cm³/mol. The van der Waals surface area contributed by atoms with Crippen LogP contribution < -0.4 is 5.73 Å². The Hall–Kier alpha value is -0.950. The molecule has 1 heterocycles. The lowest BCUT2D eigenvalue weighted by Gasteiger charge is -2.28. The minimum atomic E-state index is -3.30. The fourth-order valence-electron chi connectivity index (χ4n) is 2.27. The summed E-state index contributed by atoms with van der Waals surface area (Å²) in [5, 5.41) is 9.42. The van der Waals surface area contributed by atoms with E-state index in [1.165, 1.54) is 4.31 Å². The maximum atomic E-state index is 12.3. The van der Waals surface area contributed by atoms with E-state index in [0.29, 0.717) is 32.5 Å². The molecule has 0 radical (unpaired) electrons. The quantitative estimate of drug-likeness (QED) is 0.840. The maximum Gasteiger partial charge on any atom is 0.218 e. The third kappa shape index (κ3) is 3.76. The van der Waals surface area contributed by atoms with E-state index in [0.717, 1.165) is 11.1 Å². The molecule has 0 unspecified atom stereocenters. The Morgan fingerprint density at radius 3 is 2.53 bits per heavy atom. The molecule has 1 aliphatic rings. The van der Waals surface area contributed by atoms with Crippen molar-refractivity contribution in [1.29, 1.82) is 0 Å². The van der Waals surface area contributed by atoms with E-state index in [-0.39, 0.29) is 11.9 Å². The van der Waals surface area contributed by atoms with E-state index >= 15 is 0 Å². The van der Waals surface area contributed by atoms with Gasteiger partial charge in [-0.1, -0.05) is 24.3 Å². The standard InChI is InChI=1S/C13H20N2O3S/c14-9-11-2-1-3-12(8-11)10-19(17,18)15-6-4-13(16)5-7-15/h1-3,8,13,16H,4-7,9-10,14H2. The van der Waals surface area contributed by atoms with Crippen LogP contribution in [-0.4, -0.2) is 37.0 Å². The van der Waals surface area contributed by atoms with E-state index in [2.05, 4.69) is 0 Å². The highest BCUT2D eigenvalue weighted by molar-refractivity contribution is 7.88. The van der Waals surface area contributed by atoms with E-state index in [1.807, 2.05) is 18.2 Å². The Morgan fingerprint density at radius 1 is 1.26 bits per heavy atom. The number of benzene rings is 1. The van der Waals surface area contributed by atoms with Crippen LogP contribution in [0.25, 0.3) is 0 Å². The predicted octanol–water partition coefficient (Wildman–Crippen LogP) is 0.432. The Balaban J connectivity index is 2.08. The Morgan fingerprint density at radius 2 is 1.89 bits per heavy atom. The second-order valence-corrected chi connectivity index (χ2v) is 6.88. The average Bonchev–Trinajstić information content (AvgIpc) is 2.39. The first-order valence-electron chi connectivity index (χ1n) is 6.45. The molecule has 19 heavy (non-hydrogen) atoms. The largest absolute Gasteiger partial charge is 0.393 e. The second-order valence-electron chi connectivity index (χ2n) is 4.91. The van der Waals surface area contributed by atoms with Crippen LogP contribution in [0.1, 0.15) is 24.0 Å². The van der Waals surface area contributed by atoms with Crippen molar-refractivity contribution in [3.05, 3.63) is 35.4 Å². The minimum absolute atomic E-state index is 0.00304. The minimum Gasteiger partial charge on any atom is -0.393 e. The average molecular weight is 284 g/mol. The first-order valence-corrected chi connectivity index (χ1v) is 8.06. The second kappa shape index (κ2) is 6.00. The molecule has 1 aliphatic heterocycles. The van der Waals surface area contributed by atoms with Crippen LogP contribution in [0.2, 0.25) is 0 Å². The highest BCUT2D eigenvalue weighted by atomic mass is 32.2. The van der Waals surface area contributed by atoms with Crippen molar-refractivity contribution in [2.75, 3.05) is 13.1 Å². The van der Waals surface area contributed by atoms with Gasteiger partial charge in [-0.25, -0.2) is 12.7 Å². The van der Waals surface area contributed by atoms with Gasteiger partial charge in [-0.15, -0.1) is 0 Å². The number of sulfonamides is 1. The molecule has 0 atom stereocenters. The third-order valence-corrected chi connectivity index (χ3v) is 5.24. The summed E-state index contributed by atoms with van der Waals surface area (Å²) in [5.74, 6) is -0.00304. The van der Waals surface area contributed by atoms with Crippen molar-refractivity contribution in [2.45, 2.75) is 31.2 Å². The number of nitrogens with zero attached hydrogens (tertiary/aromatic N) is 1. The number of hydrogen-bond acceptors (Lipinski definition) is 4. The first kappa shape index (κ1) is 14.5. The van der Waals surface area contributed by atoms with Crippen LogP contribution in [-0.2, 0) is 22.3 Å². The van der Waals surface area contributed by atoms with Crippen LogP contribution in [0, 0.1) is 0 Å². The molecule has 0 bridgehead atoms. The highest BCUT2D eigenvalue weighted by Gasteiger charge is 2.27. The maximum absolute atomic E-state index is 12.3. The van der Waals surface area contributed by atoms with Crippen LogP contribution in [0.5, 0.6) is 0 Å². The van der Waals surface area contributed by atoms with Gasteiger partial charge in [0.05, 0.1) is 11.9 Å². The van der Waals surface area contributed by atoms with E-state index in [9.17, 15) is 13.5 Å². The van der Waals surface area contributed by atoms with Crippen molar-refractivity contribution in [1.82, 2.24) is 4.31 Å². The lowest BCUT2D eigenvalue weighted by atomic mass is 10.1. The molecule has 1 aromatic carbocycles. The van der Waals surface area contributed by atoms with Crippen molar-refractivity contribution in [3.63, 3.8) is 0 Å². The fourth-order valence-corrected chi connectivity index (χ4v) is 3.82.